The quantitative estimate of drug-likeness (QED) is 0.924. The molecule has 2 aromatic rings. The maximum absolute atomic E-state index is 12.7. The van der Waals surface area contributed by atoms with Gasteiger partial charge in [-0.25, -0.2) is 0 Å². The van der Waals surface area contributed by atoms with E-state index in [2.05, 4.69) is 0 Å². The van der Waals surface area contributed by atoms with Crippen LogP contribution in [-0.4, -0.2) is 29.8 Å². The number of furan rings is 1. The lowest BCUT2D eigenvalue weighted by Gasteiger charge is -2.14. The molecule has 5 nitrogen and oxygen atoms in total. The second kappa shape index (κ2) is 5.16. The molecule has 1 fully saturated rings. The Kier molecular flexibility index (Phi) is 3.43. The molecule has 1 aliphatic heterocycles. The number of carbonyl (C=O) groups excluding carboxylic acids is 2. The summed E-state index contributed by atoms with van der Waals surface area (Å²) >= 11 is 0. The van der Waals surface area contributed by atoms with Gasteiger partial charge in [-0.05, 0) is 38.3 Å². The molecule has 1 atom stereocenters. The SMILES string of the molecule is Cc1ccc(C)c2c(C)c(C(=O)N3CC[C@H](C(N)=O)C3)oc12. The van der Waals surface area contributed by atoms with E-state index in [1.807, 2.05) is 32.9 Å². The standard InChI is InChI=1S/C17H20N2O3/c1-9-4-5-10(2)14-13(9)11(3)15(22-14)17(21)19-7-6-12(8-19)16(18)20/h4-5,12H,6-8H2,1-3H3,(H2,18,20)/t12-/m0/s1. The first kappa shape index (κ1) is 14.6. The van der Waals surface area contributed by atoms with Crippen molar-refractivity contribution in [3.05, 3.63) is 34.6 Å². The molecule has 2 N–H and O–H groups in total. The lowest BCUT2D eigenvalue weighted by Crippen LogP contribution is -2.31. The molecule has 1 aliphatic rings. The molecular formula is C17H20N2O3. The number of rotatable bonds is 2. The van der Waals surface area contributed by atoms with Crippen LogP contribution < -0.4 is 5.73 Å². The summed E-state index contributed by atoms with van der Waals surface area (Å²) in [4.78, 5) is 25.6. The number of primary amides is 1. The van der Waals surface area contributed by atoms with Crippen molar-refractivity contribution in [2.45, 2.75) is 27.2 Å². The minimum atomic E-state index is -0.344. The van der Waals surface area contributed by atoms with Gasteiger partial charge in [-0.2, -0.15) is 0 Å². The Morgan fingerprint density at radius 2 is 1.91 bits per heavy atom. The fraction of sp³-hybridized carbons (Fsp3) is 0.412. The Bertz CT molecular complexity index is 776. The van der Waals surface area contributed by atoms with Crippen LogP contribution in [-0.2, 0) is 4.79 Å². The third kappa shape index (κ3) is 2.17. The van der Waals surface area contributed by atoms with Gasteiger partial charge in [-0.1, -0.05) is 12.1 Å². The van der Waals surface area contributed by atoms with Crippen molar-refractivity contribution in [1.29, 1.82) is 0 Å². The number of hydrogen-bond acceptors (Lipinski definition) is 3. The van der Waals surface area contributed by atoms with Crippen LogP contribution in [0.25, 0.3) is 11.0 Å². The number of benzene rings is 1. The molecule has 1 aromatic heterocycles. The van der Waals surface area contributed by atoms with E-state index in [-0.39, 0.29) is 17.7 Å². The van der Waals surface area contributed by atoms with Crippen LogP contribution in [0.3, 0.4) is 0 Å². The molecule has 1 aromatic carbocycles. The molecule has 0 bridgehead atoms. The number of aryl methyl sites for hydroxylation is 3. The highest BCUT2D eigenvalue weighted by molar-refractivity contribution is 6.00. The zero-order valence-corrected chi connectivity index (χ0v) is 13.1. The van der Waals surface area contributed by atoms with Gasteiger partial charge < -0.3 is 15.1 Å². The summed E-state index contributed by atoms with van der Waals surface area (Å²) in [5.74, 6) is -0.380. The van der Waals surface area contributed by atoms with Gasteiger partial charge in [0.25, 0.3) is 5.91 Å². The average molecular weight is 300 g/mol. The summed E-state index contributed by atoms with van der Waals surface area (Å²) in [6.45, 7) is 6.81. The largest absolute Gasteiger partial charge is 0.450 e. The lowest BCUT2D eigenvalue weighted by atomic mass is 10.0. The van der Waals surface area contributed by atoms with Crippen LogP contribution in [0.5, 0.6) is 0 Å². The Morgan fingerprint density at radius 3 is 2.50 bits per heavy atom. The highest BCUT2D eigenvalue weighted by Crippen LogP contribution is 2.32. The third-order valence-corrected chi connectivity index (χ3v) is 4.55. The average Bonchev–Trinajstić information content (AvgIpc) is 3.08. The van der Waals surface area contributed by atoms with E-state index in [1.165, 1.54) is 0 Å². The molecule has 5 heteroatoms. The molecule has 2 amide bonds. The van der Waals surface area contributed by atoms with E-state index in [0.717, 1.165) is 27.7 Å². The van der Waals surface area contributed by atoms with Crippen molar-refractivity contribution in [2.24, 2.45) is 11.7 Å². The molecular weight excluding hydrogens is 280 g/mol. The predicted molar refractivity (Wildman–Crippen MR) is 83.6 cm³/mol. The van der Waals surface area contributed by atoms with Crippen LogP contribution in [0.1, 0.15) is 33.7 Å². The Morgan fingerprint density at radius 1 is 1.23 bits per heavy atom. The Hall–Kier alpha value is -2.30. The van der Waals surface area contributed by atoms with Gasteiger partial charge in [0, 0.05) is 24.0 Å². The maximum Gasteiger partial charge on any atom is 0.289 e. The zero-order valence-electron chi connectivity index (χ0n) is 13.1. The first-order chi connectivity index (χ1) is 10.4. The number of carbonyl (C=O) groups is 2. The van der Waals surface area contributed by atoms with E-state index in [1.54, 1.807) is 4.90 Å². The molecule has 3 rings (SSSR count). The summed E-state index contributed by atoms with van der Waals surface area (Å²) in [5.41, 5.74) is 9.07. The van der Waals surface area contributed by atoms with E-state index >= 15 is 0 Å². The fourth-order valence-corrected chi connectivity index (χ4v) is 3.20. The topological polar surface area (TPSA) is 76.5 Å². The molecule has 0 saturated carbocycles. The molecule has 2 heterocycles. The second-order valence-electron chi connectivity index (χ2n) is 6.10. The van der Waals surface area contributed by atoms with Gasteiger partial charge >= 0.3 is 0 Å². The molecule has 22 heavy (non-hydrogen) atoms. The smallest absolute Gasteiger partial charge is 0.289 e. The first-order valence-corrected chi connectivity index (χ1v) is 7.48. The van der Waals surface area contributed by atoms with Crippen LogP contribution in [0.4, 0.5) is 0 Å². The van der Waals surface area contributed by atoms with Crippen molar-refractivity contribution in [1.82, 2.24) is 4.90 Å². The number of hydrogen-bond donors (Lipinski definition) is 1. The summed E-state index contributed by atoms with van der Waals surface area (Å²) < 4.78 is 5.87. The van der Waals surface area contributed by atoms with Crippen LogP contribution in [0.2, 0.25) is 0 Å². The number of fused-ring (bicyclic) bond motifs is 1. The van der Waals surface area contributed by atoms with Crippen molar-refractivity contribution < 1.29 is 14.0 Å². The zero-order chi connectivity index (χ0) is 16.0. The molecule has 0 spiro atoms. The van der Waals surface area contributed by atoms with Gasteiger partial charge in [0.05, 0.1) is 5.92 Å². The molecule has 116 valence electrons. The van der Waals surface area contributed by atoms with E-state index in [0.29, 0.717) is 25.3 Å². The molecule has 0 unspecified atom stereocenters. The third-order valence-electron chi connectivity index (χ3n) is 4.55. The van der Waals surface area contributed by atoms with Gasteiger partial charge in [0.1, 0.15) is 5.58 Å². The summed E-state index contributed by atoms with van der Waals surface area (Å²) in [7, 11) is 0. The summed E-state index contributed by atoms with van der Waals surface area (Å²) in [6, 6.07) is 4.03. The van der Waals surface area contributed by atoms with Gasteiger partial charge in [0.2, 0.25) is 5.91 Å². The van der Waals surface area contributed by atoms with Crippen molar-refractivity contribution >= 4 is 22.8 Å². The maximum atomic E-state index is 12.7. The van der Waals surface area contributed by atoms with Crippen molar-refractivity contribution in [3.63, 3.8) is 0 Å². The number of likely N-dealkylation sites (tertiary alicyclic amines) is 1. The monoisotopic (exact) mass is 300 g/mol. The van der Waals surface area contributed by atoms with E-state index in [9.17, 15) is 9.59 Å². The van der Waals surface area contributed by atoms with Gasteiger partial charge in [-0.15, -0.1) is 0 Å². The summed E-state index contributed by atoms with van der Waals surface area (Å²) in [6.07, 6.45) is 0.623. The number of amides is 2. The second-order valence-corrected chi connectivity index (χ2v) is 6.10. The van der Waals surface area contributed by atoms with E-state index in [4.69, 9.17) is 10.2 Å². The van der Waals surface area contributed by atoms with Crippen LogP contribution in [0, 0.1) is 26.7 Å². The fourth-order valence-electron chi connectivity index (χ4n) is 3.20. The highest BCUT2D eigenvalue weighted by atomic mass is 16.3. The number of nitrogens with two attached hydrogens (primary N) is 1. The lowest BCUT2D eigenvalue weighted by molar-refractivity contribution is -0.121. The minimum Gasteiger partial charge on any atom is -0.450 e. The van der Waals surface area contributed by atoms with Crippen LogP contribution >= 0.6 is 0 Å². The molecule has 1 saturated heterocycles. The Balaban J connectivity index is 1.99. The van der Waals surface area contributed by atoms with Crippen molar-refractivity contribution in [3.8, 4) is 0 Å². The van der Waals surface area contributed by atoms with E-state index < -0.39 is 0 Å². The van der Waals surface area contributed by atoms with Crippen molar-refractivity contribution in [2.75, 3.05) is 13.1 Å². The van der Waals surface area contributed by atoms with Gasteiger partial charge in [0.15, 0.2) is 5.76 Å². The Labute approximate surface area is 129 Å². The van der Waals surface area contributed by atoms with Crippen LogP contribution in [0.15, 0.2) is 16.5 Å². The molecule has 0 aliphatic carbocycles. The highest BCUT2D eigenvalue weighted by Gasteiger charge is 2.32. The normalized spacial score (nSPS) is 18.1. The predicted octanol–water partition coefficient (Wildman–Crippen LogP) is 2.31. The molecule has 0 radical (unpaired) electrons. The number of nitrogens with zero attached hydrogens (tertiary/aromatic N) is 1. The van der Waals surface area contributed by atoms with Gasteiger partial charge in [-0.3, -0.25) is 9.59 Å². The minimum absolute atomic E-state index is 0.156. The summed E-state index contributed by atoms with van der Waals surface area (Å²) in [5, 5.41) is 1.01. The first-order valence-electron chi connectivity index (χ1n) is 7.48.